The third kappa shape index (κ3) is 2.65. The van der Waals surface area contributed by atoms with Crippen LogP contribution in [-0.2, 0) is 6.54 Å². The molecule has 0 atom stereocenters. The Bertz CT molecular complexity index is 323. The summed E-state index contributed by atoms with van der Waals surface area (Å²) in [5.74, 6) is 0. The SMILES string of the molecule is CN(C)C(=O)NCc1ccccc1N. The van der Waals surface area contributed by atoms with Crippen LogP contribution < -0.4 is 11.1 Å². The molecule has 0 saturated heterocycles. The average Bonchev–Trinajstić information content (AvgIpc) is 2.16. The van der Waals surface area contributed by atoms with Crippen molar-refractivity contribution in [3.05, 3.63) is 29.8 Å². The van der Waals surface area contributed by atoms with E-state index in [0.29, 0.717) is 12.2 Å². The van der Waals surface area contributed by atoms with Gasteiger partial charge in [0.15, 0.2) is 0 Å². The van der Waals surface area contributed by atoms with Crippen LogP contribution in [-0.4, -0.2) is 25.0 Å². The van der Waals surface area contributed by atoms with Gasteiger partial charge >= 0.3 is 6.03 Å². The fourth-order valence-corrected chi connectivity index (χ4v) is 1.02. The molecule has 4 heteroatoms. The van der Waals surface area contributed by atoms with Gasteiger partial charge in [-0.25, -0.2) is 4.79 Å². The Morgan fingerprint density at radius 3 is 2.64 bits per heavy atom. The minimum atomic E-state index is -0.117. The van der Waals surface area contributed by atoms with Gasteiger partial charge in [-0.3, -0.25) is 0 Å². The van der Waals surface area contributed by atoms with E-state index in [4.69, 9.17) is 5.73 Å². The van der Waals surface area contributed by atoms with Gasteiger partial charge in [0.1, 0.15) is 0 Å². The maximum absolute atomic E-state index is 11.2. The van der Waals surface area contributed by atoms with Crippen molar-refractivity contribution in [2.45, 2.75) is 6.54 Å². The maximum Gasteiger partial charge on any atom is 0.317 e. The predicted octanol–water partition coefficient (Wildman–Crippen LogP) is 1.04. The molecule has 0 bridgehead atoms. The zero-order chi connectivity index (χ0) is 10.6. The van der Waals surface area contributed by atoms with Gasteiger partial charge in [-0.05, 0) is 11.6 Å². The number of rotatable bonds is 2. The van der Waals surface area contributed by atoms with Crippen LogP contribution in [0.2, 0.25) is 0 Å². The molecule has 14 heavy (non-hydrogen) atoms. The number of nitrogen functional groups attached to an aromatic ring is 1. The van der Waals surface area contributed by atoms with Crippen molar-refractivity contribution >= 4 is 11.7 Å². The highest BCUT2D eigenvalue weighted by Gasteiger charge is 2.03. The summed E-state index contributed by atoms with van der Waals surface area (Å²) in [5, 5.41) is 2.75. The van der Waals surface area contributed by atoms with Gasteiger partial charge in [0.25, 0.3) is 0 Å². The number of nitrogens with two attached hydrogens (primary N) is 1. The molecule has 76 valence electrons. The highest BCUT2D eigenvalue weighted by molar-refractivity contribution is 5.73. The van der Waals surface area contributed by atoms with Crippen molar-refractivity contribution in [1.82, 2.24) is 10.2 Å². The van der Waals surface area contributed by atoms with Gasteiger partial charge in [0, 0.05) is 26.3 Å². The molecule has 0 aliphatic heterocycles. The van der Waals surface area contributed by atoms with E-state index in [-0.39, 0.29) is 6.03 Å². The fourth-order valence-electron chi connectivity index (χ4n) is 1.02. The number of para-hydroxylation sites is 1. The number of nitrogens with one attached hydrogen (secondary N) is 1. The number of urea groups is 1. The van der Waals surface area contributed by atoms with Gasteiger partial charge in [0.05, 0.1) is 0 Å². The first-order valence-electron chi connectivity index (χ1n) is 4.40. The third-order valence-electron chi connectivity index (χ3n) is 1.89. The molecule has 3 N–H and O–H groups in total. The van der Waals surface area contributed by atoms with Crippen molar-refractivity contribution in [2.24, 2.45) is 0 Å². The smallest absolute Gasteiger partial charge is 0.317 e. The van der Waals surface area contributed by atoms with Gasteiger partial charge in [0.2, 0.25) is 0 Å². The highest BCUT2D eigenvalue weighted by atomic mass is 16.2. The second-order valence-corrected chi connectivity index (χ2v) is 3.25. The summed E-state index contributed by atoms with van der Waals surface area (Å²) in [6, 6.07) is 7.36. The molecule has 0 radical (unpaired) electrons. The first-order valence-corrected chi connectivity index (χ1v) is 4.40. The fraction of sp³-hybridized carbons (Fsp3) is 0.300. The Morgan fingerprint density at radius 1 is 1.43 bits per heavy atom. The third-order valence-corrected chi connectivity index (χ3v) is 1.89. The van der Waals surface area contributed by atoms with Crippen LogP contribution in [0.4, 0.5) is 10.5 Å². The van der Waals surface area contributed by atoms with Crippen molar-refractivity contribution < 1.29 is 4.79 Å². The van der Waals surface area contributed by atoms with E-state index in [2.05, 4.69) is 5.32 Å². The highest BCUT2D eigenvalue weighted by Crippen LogP contribution is 2.09. The van der Waals surface area contributed by atoms with Crippen molar-refractivity contribution in [1.29, 1.82) is 0 Å². The molecule has 0 aromatic heterocycles. The van der Waals surface area contributed by atoms with Crippen LogP contribution in [0, 0.1) is 0 Å². The quantitative estimate of drug-likeness (QED) is 0.689. The van der Waals surface area contributed by atoms with Crippen molar-refractivity contribution in [3.63, 3.8) is 0 Å². The number of amides is 2. The molecule has 0 spiro atoms. The van der Waals surface area contributed by atoms with Crippen LogP contribution in [0.25, 0.3) is 0 Å². The summed E-state index contributed by atoms with van der Waals surface area (Å²) >= 11 is 0. The number of hydrogen-bond donors (Lipinski definition) is 2. The van der Waals surface area contributed by atoms with Crippen LogP contribution in [0.1, 0.15) is 5.56 Å². The predicted molar refractivity (Wildman–Crippen MR) is 56.8 cm³/mol. The first kappa shape index (κ1) is 10.4. The molecule has 0 heterocycles. The minimum absolute atomic E-state index is 0.117. The minimum Gasteiger partial charge on any atom is -0.398 e. The zero-order valence-corrected chi connectivity index (χ0v) is 8.45. The lowest BCUT2D eigenvalue weighted by Gasteiger charge is -2.12. The molecule has 1 aromatic carbocycles. The standard InChI is InChI=1S/C10H15N3O/c1-13(2)10(14)12-7-8-5-3-4-6-9(8)11/h3-6H,7,11H2,1-2H3,(H,12,14). The van der Waals surface area contributed by atoms with E-state index >= 15 is 0 Å². The number of nitrogens with zero attached hydrogens (tertiary/aromatic N) is 1. The summed E-state index contributed by atoms with van der Waals surface area (Å²) in [4.78, 5) is 12.7. The maximum atomic E-state index is 11.2. The van der Waals surface area contributed by atoms with Crippen LogP contribution in [0.5, 0.6) is 0 Å². The number of carbonyl (C=O) groups is 1. The van der Waals surface area contributed by atoms with Crippen LogP contribution >= 0.6 is 0 Å². The second-order valence-electron chi connectivity index (χ2n) is 3.25. The molecule has 0 aliphatic carbocycles. The summed E-state index contributed by atoms with van der Waals surface area (Å²) in [6.45, 7) is 0.462. The average molecular weight is 193 g/mol. The van der Waals surface area contributed by atoms with Crippen LogP contribution in [0.3, 0.4) is 0 Å². The molecular formula is C10H15N3O. The summed E-state index contributed by atoms with van der Waals surface area (Å²) in [6.07, 6.45) is 0. The Balaban J connectivity index is 2.54. The number of anilines is 1. The molecule has 0 fully saturated rings. The van der Waals surface area contributed by atoms with E-state index in [0.717, 1.165) is 5.56 Å². The van der Waals surface area contributed by atoms with E-state index in [1.165, 1.54) is 4.90 Å². The van der Waals surface area contributed by atoms with Gasteiger partial charge < -0.3 is 16.0 Å². The van der Waals surface area contributed by atoms with Crippen molar-refractivity contribution in [3.8, 4) is 0 Å². The van der Waals surface area contributed by atoms with Gasteiger partial charge in [-0.15, -0.1) is 0 Å². The van der Waals surface area contributed by atoms with Gasteiger partial charge in [-0.2, -0.15) is 0 Å². The van der Waals surface area contributed by atoms with Crippen molar-refractivity contribution in [2.75, 3.05) is 19.8 Å². The molecule has 0 unspecified atom stereocenters. The summed E-state index contributed by atoms with van der Waals surface area (Å²) < 4.78 is 0. The molecular weight excluding hydrogens is 178 g/mol. The lowest BCUT2D eigenvalue weighted by atomic mass is 10.2. The van der Waals surface area contributed by atoms with E-state index < -0.39 is 0 Å². The second kappa shape index (κ2) is 4.50. The van der Waals surface area contributed by atoms with Gasteiger partial charge in [-0.1, -0.05) is 18.2 Å². The first-order chi connectivity index (χ1) is 6.61. The topological polar surface area (TPSA) is 58.4 Å². The largest absolute Gasteiger partial charge is 0.398 e. The Labute approximate surface area is 83.7 Å². The van der Waals surface area contributed by atoms with E-state index in [9.17, 15) is 4.79 Å². The van der Waals surface area contributed by atoms with E-state index in [1.54, 1.807) is 14.1 Å². The molecule has 0 aliphatic rings. The Hall–Kier alpha value is -1.71. The zero-order valence-electron chi connectivity index (χ0n) is 8.45. The Morgan fingerprint density at radius 2 is 2.07 bits per heavy atom. The van der Waals surface area contributed by atoms with E-state index in [1.807, 2.05) is 24.3 Å². The molecule has 4 nitrogen and oxygen atoms in total. The number of hydrogen-bond acceptors (Lipinski definition) is 2. The van der Waals surface area contributed by atoms with Crippen LogP contribution in [0.15, 0.2) is 24.3 Å². The number of carbonyl (C=O) groups excluding carboxylic acids is 1. The number of benzene rings is 1. The monoisotopic (exact) mass is 193 g/mol. The lowest BCUT2D eigenvalue weighted by molar-refractivity contribution is 0.217. The molecule has 1 rings (SSSR count). The normalized spacial score (nSPS) is 9.57. The molecule has 1 aromatic rings. The lowest BCUT2D eigenvalue weighted by Crippen LogP contribution is -2.34. The Kier molecular flexibility index (Phi) is 3.34. The summed E-state index contributed by atoms with van der Waals surface area (Å²) in [5.41, 5.74) is 7.35. The molecule has 2 amide bonds. The molecule has 0 saturated carbocycles. The summed E-state index contributed by atoms with van der Waals surface area (Å²) in [7, 11) is 3.40.